The predicted molar refractivity (Wildman–Crippen MR) is 50.3 cm³/mol. The van der Waals surface area contributed by atoms with Crippen molar-refractivity contribution in [2.45, 2.75) is 39.2 Å². The van der Waals surface area contributed by atoms with E-state index in [1.165, 1.54) is 0 Å². The van der Waals surface area contributed by atoms with E-state index in [1.54, 1.807) is 0 Å². The van der Waals surface area contributed by atoms with Crippen LogP contribution in [0.2, 0.25) is 0 Å². The van der Waals surface area contributed by atoms with E-state index in [1.807, 2.05) is 0 Å². The van der Waals surface area contributed by atoms with Crippen molar-refractivity contribution >= 4 is 17.5 Å². The van der Waals surface area contributed by atoms with Crippen LogP contribution in [0.3, 0.4) is 0 Å². The van der Waals surface area contributed by atoms with Gasteiger partial charge in [0.05, 0.1) is 0 Å². The number of hydrogen-bond acceptors (Lipinski definition) is 1. The number of carbonyl (C=O) groups excluding carboxylic acids is 1. The van der Waals surface area contributed by atoms with Crippen LogP contribution in [0, 0.1) is 5.41 Å². The molecule has 0 saturated heterocycles. The molecule has 0 bridgehead atoms. The lowest BCUT2D eigenvalue weighted by atomic mass is 10.2. The van der Waals surface area contributed by atoms with Crippen molar-refractivity contribution in [3.63, 3.8) is 0 Å². The summed E-state index contributed by atoms with van der Waals surface area (Å²) in [4.78, 5) is 11.2. The van der Waals surface area contributed by atoms with Crippen LogP contribution in [0.4, 0.5) is 0 Å². The number of nitrogens with one attached hydrogen (secondary N) is 1. The summed E-state index contributed by atoms with van der Waals surface area (Å²) >= 11 is 5.47. The Labute approximate surface area is 78.7 Å². The number of rotatable bonds is 4. The lowest BCUT2D eigenvalue weighted by Gasteiger charge is -2.05. The molecule has 0 heterocycles. The second-order valence-corrected chi connectivity index (χ2v) is 4.48. The van der Waals surface area contributed by atoms with E-state index in [0.717, 1.165) is 12.8 Å². The highest BCUT2D eigenvalue weighted by molar-refractivity contribution is 6.17. The van der Waals surface area contributed by atoms with E-state index < -0.39 is 0 Å². The Hall–Kier alpha value is -0.240. The lowest BCUT2D eigenvalue weighted by molar-refractivity contribution is -0.121. The number of alkyl halides is 1. The van der Waals surface area contributed by atoms with Crippen LogP contribution in [-0.2, 0) is 4.79 Å². The monoisotopic (exact) mass is 189 g/mol. The Morgan fingerprint density at radius 1 is 1.67 bits per heavy atom. The fourth-order valence-corrected chi connectivity index (χ4v) is 1.34. The Kier molecular flexibility index (Phi) is 2.99. The van der Waals surface area contributed by atoms with Gasteiger partial charge in [-0.05, 0) is 18.3 Å². The number of carbonyl (C=O) groups is 1. The molecule has 0 aliphatic heterocycles. The molecule has 12 heavy (non-hydrogen) atoms. The third kappa shape index (κ3) is 2.67. The third-order valence-electron chi connectivity index (χ3n) is 2.39. The zero-order valence-electron chi connectivity index (χ0n) is 7.69. The standard InChI is InChI=1S/C9H16ClNO/c1-9(2)6-7(9)11-8(12)4-3-5-10/h7H,3-6H2,1-2H3,(H,11,12). The smallest absolute Gasteiger partial charge is 0.220 e. The molecule has 0 aromatic carbocycles. The average Bonchev–Trinajstić information content (AvgIpc) is 2.54. The van der Waals surface area contributed by atoms with Gasteiger partial charge in [0.2, 0.25) is 5.91 Å². The Balaban J connectivity index is 2.12. The maximum atomic E-state index is 11.2. The molecule has 1 aliphatic carbocycles. The minimum atomic E-state index is 0.145. The normalized spacial score (nSPS) is 25.1. The van der Waals surface area contributed by atoms with Gasteiger partial charge in [0.15, 0.2) is 0 Å². The zero-order chi connectivity index (χ0) is 9.19. The van der Waals surface area contributed by atoms with Crippen LogP contribution in [0.15, 0.2) is 0 Å². The fourth-order valence-electron chi connectivity index (χ4n) is 1.21. The molecule has 0 radical (unpaired) electrons. The molecule has 1 atom stereocenters. The van der Waals surface area contributed by atoms with Crippen molar-refractivity contribution in [3.8, 4) is 0 Å². The summed E-state index contributed by atoms with van der Waals surface area (Å²) in [7, 11) is 0. The molecular weight excluding hydrogens is 174 g/mol. The zero-order valence-corrected chi connectivity index (χ0v) is 8.45. The third-order valence-corrected chi connectivity index (χ3v) is 2.65. The predicted octanol–water partition coefficient (Wildman–Crippen LogP) is 1.92. The minimum Gasteiger partial charge on any atom is -0.353 e. The molecule has 1 aliphatic rings. The van der Waals surface area contributed by atoms with Gasteiger partial charge in [0.25, 0.3) is 0 Å². The number of halogens is 1. The highest BCUT2D eigenvalue weighted by atomic mass is 35.5. The molecule has 3 heteroatoms. The first-order chi connectivity index (χ1) is 5.56. The second kappa shape index (κ2) is 3.65. The van der Waals surface area contributed by atoms with Crippen LogP contribution in [0.1, 0.15) is 33.1 Å². The molecule has 1 saturated carbocycles. The van der Waals surface area contributed by atoms with E-state index >= 15 is 0 Å². The van der Waals surface area contributed by atoms with Crippen LogP contribution in [0.25, 0.3) is 0 Å². The van der Waals surface area contributed by atoms with Gasteiger partial charge in [-0.15, -0.1) is 11.6 Å². The van der Waals surface area contributed by atoms with Gasteiger partial charge in [0, 0.05) is 18.3 Å². The molecular formula is C9H16ClNO. The van der Waals surface area contributed by atoms with Crippen molar-refractivity contribution in [2.24, 2.45) is 5.41 Å². The summed E-state index contributed by atoms with van der Waals surface area (Å²) < 4.78 is 0. The molecule has 1 amide bonds. The summed E-state index contributed by atoms with van der Waals surface area (Å²) in [5.74, 6) is 0.716. The molecule has 0 aromatic rings. The van der Waals surface area contributed by atoms with E-state index in [0.29, 0.717) is 23.8 Å². The quantitative estimate of drug-likeness (QED) is 0.673. The molecule has 1 rings (SSSR count). The molecule has 1 unspecified atom stereocenters. The Bertz CT molecular complexity index is 179. The van der Waals surface area contributed by atoms with Gasteiger partial charge in [0.1, 0.15) is 0 Å². The minimum absolute atomic E-state index is 0.145. The van der Waals surface area contributed by atoms with E-state index in [9.17, 15) is 4.79 Å². The summed E-state index contributed by atoms with van der Waals surface area (Å²) in [5, 5.41) is 2.98. The molecule has 1 fully saturated rings. The summed E-state index contributed by atoms with van der Waals surface area (Å²) in [6, 6.07) is 0.403. The van der Waals surface area contributed by atoms with E-state index in [-0.39, 0.29) is 5.91 Å². The Morgan fingerprint density at radius 3 is 2.67 bits per heavy atom. The van der Waals surface area contributed by atoms with Gasteiger partial charge in [-0.25, -0.2) is 0 Å². The molecule has 70 valence electrons. The lowest BCUT2D eigenvalue weighted by Crippen LogP contribution is -2.28. The summed E-state index contributed by atoms with van der Waals surface area (Å²) in [6.45, 7) is 4.33. The first-order valence-corrected chi connectivity index (χ1v) is 4.95. The van der Waals surface area contributed by atoms with Gasteiger partial charge >= 0.3 is 0 Å². The highest BCUT2D eigenvalue weighted by Crippen LogP contribution is 2.44. The maximum Gasteiger partial charge on any atom is 0.220 e. The van der Waals surface area contributed by atoms with Crippen LogP contribution in [0.5, 0.6) is 0 Å². The first-order valence-electron chi connectivity index (χ1n) is 4.41. The van der Waals surface area contributed by atoms with Gasteiger partial charge in [-0.3, -0.25) is 4.79 Å². The molecule has 1 N–H and O–H groups in total. The second-order valence-electron chi connectivity index (χ2n) is 4.11. The van der Waals surface area contributed by atoms with Crippen molar-refractivity contribution < 1.29 is 4.79 Å². The summed E-state index contributed by atoms with van der Waals surface area (Å²) in [6.07, 6.45) is 2.45. The van der Waals surface area contributed by atoms with Crippen LogP contribution < -0.4 is 5.32 Å². The van der Waals surface area contributed by atoms with Gasteiger partial charge < -0.3 is 5.32 Å². The van der Waals surface area contributed by atoms with Crippen LogP contribution in [-0.4, -0.2) is 17.8 Å². The number of hydrogen-bond donors (Lipinski definition) is 1. The SMILES string of the molecule is CC1(C)CC1NC(=O)CCCCl. The van der Waals surface area contributed by atoms with Gasteiger partial charge in [-0.1, -0.05) is 13.8 Å². The van der Waals surface area contributed by atoms with Crippen molar-refractivity contribution in [1.82, 2.24) is 5.32 Å². The molecule has 2 nitrogen and oxygen atoms in total. The Morgan fingerprint density at radius 2 is 2.25 bits per heavy atom. The fraction of sp³-hybridized carbons (Fsp3) is 0.889. The average molecular weight is 190 g/mol. The van der Waals surface area contributed by atoms with E-state index in [4.69, 9.17) is 11.6 Å². The molecule has 0 aromatic heterocycles. The van der Waals surface area contributed by atoms with Crippen molar-refractivity contribution in [2.75, 3.05) is 5.88 Å². The van der Waals surface area contributed by atoms with Crippen molar-refractivity contribution in [1.29, 1.82) is 0 Å². The van der Waals surface area contributed by atoms with Gasteiger partial charge in [-0.2, -0.15) is 0 Å². The van der Waals surface area contributed by atoms with Crippen LogP contribution >= 0.6 is 11.6 Å². The summed E-state index contributed by atoms with van der Waals surface area (Å²) in [5.41, 5.74) is 0.330. The maximum absolute atomic E-state index is 11.2. The topological polar surface area (TPSA) is 29.1 Å². The molecule has 0 spiro atoms. The highest BCUT2D eigenvalue weighted by Gasteiger charge is 2.46. The number of amides is 1. The first kappa shape index (κ1) is 9.85. The largest absolute Gasteiger partial charge is 0.353 e. The van der Waals surface area contributed by atoms with E-state index in [2.05, 4.69) is 19.2 Å². The van der Waals surface area contributed by atoms with Crippen molar-refractivity contribution in [3.05, 3.63) is 0 Å².